The van der Waals surface area contributed by atoms with E-state index >= 15 is 0 Å². The minimum Gasteiger partial charge on any atom is -0.491 e. The summed E-state index contributed by atoms with van der Waals surface area (Å²) in [5.74, 6) is 0.600. The van der Waals surface area contributed by atoms with Crippen LogP contribution in [0.1, 0.15) is 12.5 Å². The Morgan fingerprint density at radius 1 is 0.439 bits per heavy atom. The van der Waals surface area contributed by atoms with Gasteiger partial charge in [0.2, 0.25) is 5.91 Å². The summed E-state index contributed by atoms with van der Waals surface area (Å²) in [6, 6.07) is 16.7. The van der Waals surface area contributed by atoms with Gasteiger partial charge in [-0.2, -0.15) is 0 Å². The Kier molecular flexibility index (Phi) is 33.2. The lowest BCUT2D eigenvalue weighted by Crippen LogP contribution is -2.28. The van der Waals surface area contributed by atoms with E-state index in [0.29, 0.717) is 164 Å². The quantitative estimate of drug-likeness (QED) is 0.0938. The maximum atomic E-state index is 11.7. The van der Waals surface area contributed by atoms with Crippen LogP contribution in [0.5, 0.6) is 5.75 Å². The van der Waals surface area contributed by atoms with Crippen molar-refractivity contribution in [2.75, 3.05) is 164 Å². The van der Waals surface area contributed by atoms with Crippen molar-refractivity contribution in [1.82, 2.24) is 5.32 Å². The molecular weight excluding hydrogens is 748 g/mol. The summed E-state index contributed by atoms with van der Waals surface area (Å²) in [6.07, 6.45) is -0.473. The van der Waals surface area contributed by atoms with Gasteiger partial charge in [-0.1, -0.05) is 30.3 Å². The van der Waals surface area contributed by atoms with E-state index in [-0.39, 0.29) is 12.5 Å². The first-order valence-electron chi connectivity index (χ1n) is 19.4. The van der Waals surface area contributed by atoms with Gasteiger partial charge in [0.15, 0.2) is 0 Å². The molecule has 0 aliphatic carbocycles. The molecule has 0 aliphatic rings. The predicted octanol–water partition coefficient (Wildman–Crippen LogP) is 3.13. The first-order valence-corrected chi connectivity index (χ1v) is 19.4. The van der Waals surface area contributed by atoms with E-state index in [9.17, 15) is 9.59 Å². The molecule has 0 aliphatic heterocycles. The monoisotopic (exact) mass is 812 g/mol. The maximum Gasteiger partial charge on any atom is 0.407 e. The number of alkyl carbamates (subject to hydrolysis) is 1. The number of ether oxygens (including phenoxy) is 13. The lowest BCUT2D eigenvalue weighted by Gasteiger charge is -2.09. The topological polar surface area (TPSA) is 178 Å². The molecule has 2 rings (SSSR count). The second-order valence-electron chi connectivity index (χ2n) is 11.8. The van der Waals surface area contributed by atoms with Crippen molar-refractivity contribution in [3.05, 3.63) is 60.2 Å². The van der Waals surface area contributed by atoms with Gasteiger partial charge in [-0.3, -0.25) is 4.79 Å². The number of hydrogen-bond acceptors (Lipinski definition) is 15. The molecule has 0 bridgehead atoms. The number of carbonyl (C=O) groups excluding carboxylic acids is 2. The van der Waals surface area contributed by atoms with Crippen molar-refractivity contribution >= 4 is 17.7 Å². The highest BCUT2D eigenvalue weighted by Crippen LogP contribution is 2.15. The number of amides is 2. The Hall–Kier alpha value is -3.46. The molecule has 0 saturated carbocycles. The van der Waals surface area contributed by atoms with Gasteiger partial charge in [-0.25, -0.2) is 4.79 Å². The average molecular weight is 813 g/mol. The smallest absolute Gasteiger partial charge is 0.407 e. The molecule has 17 nitrogen and oxygen atoms in total. The lowest BCUT2D eigenvalue weighted by atomic mass is 10.2. The molecule has 0 saturated heterocycles. The fraction of sp³-hybridized carbons (Fsp3) is 0.650. The van der Waals surface area contributed by atoms with Crippen LogP contribution >= 0.6 is 0 Å². The number of benzene rings is 2. The zero-order valence-corrected chi connectivity index (χ0v) is 33.5. The standard InChI is InChI=1S/C40H64N2O15/c1-36(43)42-38-7-9-39(10-8-38)56-34-33-55-32-31-54-30-29-53-28-27-52-26-25-51-24-23-50-22-21-49-20-19-48-18-17-47-16-15-46-14-13-45-12-11-41-40(44)57-35-37-5-3-2-4-6-37/h2-10H,11-35H2,1H3,(H,41,44)(H,42,43). The molecule has 17 heteroatoms. The van der Waals surface area contributed by atoms with E-state index in [1.807, 2.05) is 30.3 Å². The normalized spacial score (nSPS) is 11.1. The maximum absolute atomic E-state index is 11.7. The van der Waals surface area contributed by atoms with E-state index < -0.39 is 6.09 Å². The SMILES string of the molecule is CC(=O)Nc1ccc(OCCOCCOCCOCCOCCOCCOCCOCCOCCOCCOCCOCCNC(=O)OCc2ccccc2)cc1. The summed E-state index contributed by atoms with van der Waals surface area (Å²) >= 11 is 0. The third-order valence-electron chi connectivity index (χ3n) is 7.12. The molecule has 0 spiro atoms. The minimum atomic E-state index is -0.473. The van der Waals surface area contributed by atoms with Crippen molar-refractivity contribution in [3.63, 3.8) is 0 Å². The molecule has 0 heterocycles. The molecule has 0 radical (unpaired) electrons. The van der Waals surface area contributed by atoms with E-state index in [2.05, 4.69) is 10.6 Å². The molecule has 0 aromatic heterocycles. The number of hydrogen-bond donors (Lipinski definition) is 2. The van der Waals surface area contributed by atoms with Crippen molar-refractivity contribution in [3.8, 4) is 5.75 Å². The zero-order valence-electron chi connectivity index (χ0n) is 33.5. The third kappa shape index (κ3) is 33.2. The molecule has 2 aromatic rings. The summed E-state index contributed by atoms with van der Waals surface area (Å²) in [5, 5.41) is 5.35. The van der Waals surface area contributed by atoms with Crippen LogP contribution in [0.25, 0.3) is 0 Å². The Bertz CT molecular complexity index is 1200. The largest absolute Gasteiger partial charge is 0.491 e. The van der Waals surface area contributed by atoms with Crippen molar-refractivity contribution < 1.29 is 71.2 Å². The Labute approximate surface area is 337 Å². The van der Waals surface area contributed by atoms with Crippen LogP contribution in [0, 0.1) is 0 Å². The van der Waals surface area contributed by atoms with E-state index in [1.54, 1.807) is 24.3 Å². The summed E-state index contributed by atoms with van der Waals surface area (Å²) in [5.41, 5.74) is 1.66. The molecule has 2 N–H and O–H groups in total. The van der Waals surface area contributed by atoms with E-state index in [1.165, 1.54) is 6.92 Å². The van der Waals surface area contributed by atoms with Crippen LogP contribution in [0.15, 0.2) is 54.6 Å². The van der Waals surface area contributed by atoms with Crippen molar-refractivity contribution in [2.45, 2.75) is 13.5 Å². The highest BCUT2D eigenvalue weighted by molar-refractivity contribution is 5.88. The van der Waals surface area contributed by atoms with Crippen LogP contribution in [0.3, 0.4) is 0 Å². The molecule has 324 valence electrons. The summed E-state index contributed by atoms with van der Waals surface area (Å²) in [7, 11) is 0. The first kappa shape index (κ1) is 49.7. The minimum absolute atomic E-state index is 0.112. The lowest BCUT2D eigenvalue weighted by molar-refractivity contribution is -0.114. The Balaban J connectivity index is 1.15. The van der Waals surface area contributed by atoms with Crippen LogP contribution < -0.4 is 15.4 Å². The highest BCUT2D eigenvalue weighted by Gasteiger charge is 2.02. The third-order valence-corrected chi connectivity index (χ3v) is 7.12. The van der Waals surface area contributed by atoms with Gasteiger partial charge < -0.3 is 72.2 Å². The fourth-order valence-electron chi connectivity index (χ4n) is 4.36. The number of nitrogens with one attached hydrogen (secondary N) is 2. The van der Waals surface area contributed by atoms with E-state index in [4.69, 9.17) is 61.6 Å². The van der Waals surface area contributed by atoms with E-state index in [0.717, 1.165) is 11.3 Å². The van der Waals surface area contributed by atoms with Gasteiger partial charge in [0.05, 0.1) is 145 Å². The van der Waals surface area contributed by atoms with Crippen LogP contribution in [-0.2, 0) is 68.2 Å². The number of rotatable bonds is 40. The zero-order chi connectivity index (χ0) is 40.5. The average Bonchev–Trinajstić information content (AvgIpc) is 3.22. The van der Waals surface area contributed by atoms with Gasteiger partial charge in [-0.15, -0.1) is 0 Å². The van der Waals surface area contributed by atoms with Gasteiger partial charge in [-0.05, 0) is 29.8 Å². The summed E-state index contributed by atoms with van der Waals surface area (Å²) in [4.78, 5) is 22.7. The second-order valence-corrected chi connectivity index (χ2v) is 11.8. The Morgan fingerprint density at radius 2 is 0.789 bits per heavy atom. The predicted molar refractivity (Wildman–Crippen MR) is 210 cm³/mol. The Morgan fingerprint density at radius 3 is 1.16 bits per heavy atom. The van der Waals surface area contributed by atoms with Crippen LogP contribution in [0.2, 0.25) is 0 Å². The second kappa shape index (κ2) is 38.1. The molecule has 0 unspecified atom stereocenters. The van der Waals surface area contributed by atoms with Crippen molar-refractivity contribution in [2.24, 2.45) is 0 Å². The number of anilines is 1. The molecular formula is C40H64N2O15. The highest BCUT2D eigenvalue weighted by atomic mass is 16.6. The van der Waals surface area contributed by atoms with Gasteiger partial charge in [0, 0.05) is 19.2 Å². The number of carbonyl (C=O) groups is 2. The van der Waals surface area contributed by atoms with Crippen LogP contribution in [0.4, 0.5) is 10.5 Å². The fourth-order valence-corrected chi connectivity index (χ4v) is 4.36. The summed E-state index contributed by atoms with van der Waals surface area (Å²) < 4.78 is 71.0. The van der Waals surface area contributed by atoms with Crippen LogP contribution in [-0.4, -0.2) is 171 Å². The molecule has 57 heavy (non-hydrogen) atoms. The molecule has 2 aromatic carbocycles. The van der Waals surface area contributed by atoms with Gasteiger partial charge in [0.1, 0.15) is 19.0 Å². The van der Waals surface area contributed by atoms with Gasteiger partial charge in [0.25, 0.3) is 0 Å². The van der Waals surface area contributed by atoms with Gasteiger partial charge >= 0.3 is 6.09 Å². The molecule has 0 atom stereocenters. The molecule has 0 fully saturated rings. The molecule has 2 amide bonds. The van der Waals surface area contributed by atoms with Crippen molar-refractivity contribution in [1.29, 1.82) is 0 Å². The first-order chi connectivity index (χ1) is 28.1. The summed E-state index contributed by atoms with van der Waals surface area (Å²) in [6.45, 7) is 12.8.